The summed E-state index contributed by atoms with van der Waals surface area (Å²) in [5, 5.41) is 5.63. The molecule has 0 bridgehead atoms. The van der Waals surface area contributed by atoms with Gasteiger partial charge in [0, 0.05) is 25.2 Å². The van der Waals surface area contributed by atoms with Crippen LogP contribution >= 0.6 is 0 Å². The summed E-state index contributed by atoms with van der Waals surface area (Å²) in [7, 11) is 0. The molecule has 1 aromatic carbocycles. The molecule has 7 nitrogen and oxygen atoms in total. The maximum absolute atomic E-state index is 13.0. The normalized spacial score (nSPS) is 22.2. The number of carbonyl (C=O) groups excluding carboxylic acids is 2. The van der Waals surface area contributed by atoms with Gasteiger partial charge in [-0.3, -0.25) is 19.9 Å². The molecule has 148 valence electrons. The minimum atomic E-state index is -0.475. The summed E-state index contributed by atoms with van der Waals surface area (Å²) in [6.07, 6.45) is 1.41. The number of benzene rings is 1. The van der Waals surface area contributed by atoms with E-state index in [1.165, 1.54) is 0 Å². The number of aromatic nitrogens is 1. The van der Waals surface area contributed by atoms with Gasteiger partial charge in [-0.15, -0.1) is 0 Å². The first-order valence-corrected chi connectivity index (χ1v) is 9.68. The fraction of sp³-hybridized carbons (Fsp3) is 0.476. The number of amides is 2. The molecule has 0 radical (unpaired) electrons. The quantitative estimate of drug-likeness (QED) is 0.876. The van der Waals surface area contributed by atoms with Crippen molar-refractivity contribution in [3.8, 4) is 0 Å². The molecule has 1 spiro atoms. The Labute approximate surface area is 164 Å². The number of likely N-dealkylation sites (tertiary alicyclic amines) is 1. The van der Waals surface area contributed by atoms with E-state index in [0.717, 1.165) is 47.7 Å². The van der Waals surface area contributed by atoms with Crippen molar-refractivity contribution in [1.29, 1.82) is 0 Å². The van der Waals surface area contributed by atoms with Gasteiger partial charge in [-0.1, -0.05) is 35.0 Å². The summed E-state index contributed by atoms with van der Waals surface area (Å²) in [4.78, 5) is 27.5. The third-order valence-electron chi connectivity index (χ3n) is 5.86. The van der Waals surface area contributed by atoms with Gasteiger partial charge < -0.3 is 4.52 Å². The average molecular weight is 382 g/mol. The van der Waals surface area contributed by atoms with Gasteiger partial charge in [0.1, 0.15) is 5.76 Å². The first kappa shape index (κ1) is 18.7. The fourth-order valence-corrected chi connectivity index (χ4v) is 4.42. The summed E-state index contributed by atoms with van der Waals surface area (Å²) in [6, 6.07) is 7.93. The Morgan fingerprint density at radius 2 is 2.14 bits per heavy atom. The maximum Gasteiger partial charge on any atom is 0.245 e. The van der Waals surface area contributed by atoms with Crippen LogP contribution in [0.15, 0.2) is 28.8 Å². The van der Waals surface area contributed by atoms with Crippen molar-refractivity contribution in [3.63, 3.8) is 0 Å². The van der Waals surface area contributed by atoms with Crippen molar-refractivity contribution in [2.24, 2.45) is 0 Å². The van der Waals surface area contributed by atoms with Crippen molar-refractivity contribution in [3.05, 3.63) is 52.4 Å². The molecule has 2 fully saturated rings. The molecule has 1 unspecified atom stereocenters. The lowest BCUT2D eigenvalue weighted by Gasteiger charge is -2.33. The molecule has 7 heteroatoms. The molecular formula is C21H26N4O3. The summed E-state index contributed by atoms with van der Waals surface area (Å²) in [6.45, 7) is 8.08. The van der Waals surface area contributed by atoms with E-state index in [2.05, 4.69) is 15.5 Å². The van der Waals surface area contributed by atoms with E-state index in [1.807, 2.05) is 45.0 Å². The van der Waals surface area contributed by atoms with E-state index < -0.39 is 5.54 Å². The Balaban J connectivity index is 1.49. The molecule has 1 N–H and O–H groups in total. The number of nitrogens with zero attached hydrogens (tertiary/aromatic N) is 3. The molecule has 2 aliphatic rings. The Kier molecular flexibility index (Phi) is 4.71. The van der Waals surface area contributed by atoms with Crippen LogP contribution in [-0.4, -0.2) is 45.5 Å². The molecule has 1 atom stereocenters. The molecule has 2 amide bonds. The van der Waals surface area contributed by atoms with Gasteiger partial charge in [0.05, 0.1) is 24.1 Å². The van der Waals surface area contributed by atoms with E-state index in [-0.39, 0.29) is 18.2 Å². The van der Waals surface area contributed by atoms with Crippen molar-refractivity contribution in [2.75, 3.05) is 13.1 Å². The number of rotatable bonds is 4. The topological polar surface area (TPSA) is 78.7 Å². The van der Waals surface area contributed by atoms with Crippen LogP contribution in [0.1, 0.15) is 41.0 Å². The van der Waals surface area contributed by atoms with Crippen LogP contribution < -0.4 is 5.43 Å². The predicted molar refractivity (Wildman–Crippen MR) is 103 cm³/mol. The van der Waals surface area contributed by atoms with Gasteiger partial charge in [-0.2, -0.15) is 0 Å². The third-order valence-corrected chi connectivity index (χ3v) is 5.86. The molecule has 2 aliphatic heterocycles. The highest BCUT2D eigenvalue weighted by molar-refractivity contribution is 5.88. The zero-order valence-electron chi connectivity index (χ0n) is 16.6. The standard InChI is InChI=1S/C21H26N4O3/c1-14-5-4-6-17(9-14)10-20(27)25-21(11-19(26)22-25)7-8-24(13-21)12-18-15(2)23-28-16(18)3/h4-6,9H,7-8,10-13H2,1-3H3,(H,22,26). The number of hydrogen-bond acceptors (Lipinski definition) is 5. The average Bonchev–Trinajstić information content (AvgIpc) is 3.29. The highest BCUT2D eigenvalue weighted by atomic mass is 16.5. The van der Waals surface area contributed by atoms with E-state index in [1.54, 1.807) is 5.01 Å². The monoisotopic (exact) mass is 382 g/mol. The summed E-state index contributed by atoms with van der Waals surface area (Å²) < 4.78 is 5.27. The van der Waals surface area contributed by atoms with Crippen molar-refractivity contribution >= 4 is 11.8 Å². The largest absolute Gasteiger partial charge is 0.361 e. The fourth-order valence-electron chi connectivity index (χ4n) is 4.42. The van der Waals surface area contributed by atoms with Crippen LogP contribution in [0.5, 0.6) is 0 Å². The number of hydrogen-bond donors (Lipinski definition) is 1. The Morgan fingerprint density at radius 3 is 2.86 bits per heavy atom. The van der Waals surface area contributed by atoms with Gasteiger partial charge in [0.2, 0.25) is 11.8 Å². The van der Waals surface area contributed by atoms with Crippen LogP contribution in [0.3, 0.4) is 0 Å². The van der Waals surface area contributed by atoms with Crippen LogP contribution in [0.2, 0.25) is 0 Å². The van der Waals surface area contributed by atoms with Crippen LogP contribution in [0, 0.1) is 20.8 Å². The van der Waals surface area contributed by atoms with Crippen LogP contribution in [-0.2, 0) is 22.6 Å². The van der Waals surface area contributed by atoms with Gasteiger partial charge >= 0.3 is 0 Å². The molecule has 0 aliphatic carbocycles. The zero-order valence-corrected chi connectivity index (χ0v) is 16.6. The van der Waals surface area contributed by atoms with E-state index in [0.29, 0.717) is 13.0 Å². The summed E-state index contributed by atoms with van der Waals surface area (Å²) in [5.74, 6) is 0.680. The Morgan fingerprint density at radius 1 is 1.32 bits per heavy atom. The van der Waals surface area contributed by atoms with Crippen LogP contribution in [0.4, 0.5) is 0 Å². The first-order chi connectivity index (χ1) is 13.4. The number of carbonyl (C=O) groups is 2. The smallest absolute Gasteiger partial charge is 0.245 e. The van der Waals surface area contributed by atoms with E-state index >= 15 is 0 Å². The minimum Gasteiger partial charge on any atom is -0.361 e. The van der Waals surface area contributed by atoms with Gasteiger partial charge in [-0.05, 0) is 32.8 Å². The zero-order chi connectivity index (χ0) is 19.9. The minimum absolute atomic E-state index is 0.0596. The van der Waals surface area contributed by atoms with Crippen molar-refractivity contribution < 1.29 is 14.1 Å². The Hall–Kier alpha value is -2.67. The molecule has 3 heterocycles. The number of hydrazine groups is 1. The molecular weight excluding hydrogens is 356 g/mol. The molecule has 1 aromatic heterocycles. The molecule has 2 aromatic rings. The first-order valence-electron chi connectivity index (χ1n) is 9.68. The second-order valence-electron chi connectivity index (χ2n) is 8.09. The molecule has 4 rings (SSSR count). The highest BCUT2D eigenvalue weighted by Gasteiger charge is 2.51. The van der Waals surface area contributed by atoms with E-state index in [9.17, 15) is 9.59 Å². The molecule has 28 heavy (non-hydrogen) atoms. The van der Waals surface area contributed by atoms with Crippen LogP contribution in [0.25, 0.3) is 0 Å². The van der Waals surface area contributed by atoms with E-state index in [4.69, 9.17) is 4.52 Å². The van der Waals surface area contributed by atoms with Crippen molar-refractivity contribution in [2.45, 2.75) is 52.1 Å². The second-order valence-corrected chi connectivity index (χ2v) is 8.09. The van der Waals surface area contributed by atoms with Gasteiger partial charge in [-0.25, -0.2) is 5.01 Å². The predicted octanol–water partition coefficient (Wildman–Crippen LogP) is 2.05. The summed E-state index contributed by atoms with van der Waals surface area (Å²) in [5.41, 5.74) is 6.41. The second kappa shape index (κ2) is 7.05. The van der Waals surface area contributed by atoms with Crippen molar-refractivity contribution in [1.82, 2.24) is 20.5 Å². The lowest BCUT2D eigenvalue weighted by atomic mass is 9.94. The molecule has 0 saturated carbocycles. The SMILES string of the molecule is Cc1cccc(CC(=O)N2NC(=O)CC23CCN(Cc2c(C)noc2C)C3)c1. The lowest BCUT2D eigenvalue weighted by molar-refractivity contribution is -0.140. The number of aryl methyl sites for hydroxylation is 3. The van der Waals surface area contributed by atoms with Gasteiger partial charge in [0.25, 0.3) is 0 Å². The highest BCUT2D eigenvalue weighted by Crippen LogP contribution is 2.35. The third kappa shape index (κ3) is 3.42. The van der Waals surface area contributed by atoms with Gasteiger partial charge in [0.15, 0.2) is 0 Å². The maximum atomic E-state index is 13.0. The number of nitrogens with one attached hydrogen (secondary N) is 1. The molecule has 2 saturated heterocycles. The Bertz CT molecular complexity index is 903. The lowest BCUT2D eigenvalue weighted by Crippen LogP contribution is -2.53. The summed E-state index contributed by atoms with van der Waals surface area (Å²) >= 11 is 0.